The molecule has 0 bridgehead atoms. The van der Waals surface area contributed by atoms with Gasteiger partial charge in [-0.05, 0) is 51.0 Å². The number of ether oxygens (including phenoxy) is 1. The first-order valence-corrected chi connectivity index (χ1v) is 13.6. The van der Waals surface area contributed by atoms with Crippen LogP contribution in [0.5, 0.6) is 5.75 Å². The average Bonchev–Trinajstić information content (AvgIpc) is 3.15. The number of rotatable bonds is 6. The Kier molecular flexibility index (Phi) is 5.90. The van der Waals surface area contributed by atoms with Crippen LogP contribution in [0.1, 0.15) is 47.4 Å². The molecule has 1 unspecified atom stereocenters. The molecule has 2 fully saturated rings. The van der Waals surface area contributed by atoms with Gasteiger partial charge in [-0.3, -0.25) is 5.41 Å². The van der Waals surface area contributed by atoms with Gasteiger partial charge in [-0.15, -0.1) is 0 Å². The van der Waals surface area contributed by atoms with Crippen molar-refractivity contribution in [3.05, 3.63) is 64.7 Å². The molecule has 0 amide bonds. The van der Waals surface area contributed by atoms with E-state index in [4.69, 9.17) is 15.9 Å². The summed E-state index contributed by atoms with van der Waals surface area (Å²) in [5.74, 6) is 1.63. The van der Waals surface area contributed by atoms with Crippen LogP contribution >= 0.6 is 0 Å². The molecule has 2 aliphatic heterocycles. The summed E-state index contributed by atoms with van der Waals surface area (Å²) < 4.78 is 29.9. The SMILES string of the molecule is Cc1cnnc(C)c1C(C)Oc1ccc(N)c(C(=N)c2cnc(N3CC4(CCS(=O)(=O)C4)C3)nc2)c1. The normalized spacial score (nSPS) is 18.6. The van der Waals surface area contributed by atoms with E-state index in [2.05, 4.69) is 20.2 Å². The molecule has 1 atom stereocenters. The topological polar surface area (TPSA) is 148 Å². The van der Waals surface area contributed by atoms with Crippen molar-refractivity contribution in [2.45, 2.75) is 33.3 Å². The molecule has 0 aliphatic carbocycles. The Morgan fingerprint density at radius 3 is 2.56 bits per heavy atom. The lowest BCUT2D eigenvalue weighted by Crippen LogP contribution is -2.57. The first kappa shape index (κ1) is 24.1. The third-order valence-corrected chi connectivity index (χ3v) is 8.90. The molecule has 3 aromatic rings. The number of benzene rings is 1. The molecule has 10 nitrogen and oxygen atoms in total. The Morgan fingerprint density at radius 1 is 1.19 bits per heavy atom. The molecule has 2 aromatic heterocycles. The summed E-state index contributed by atoms with van der Waals surface area (Å²) in [5.41, 5.74) is 10.5. The molecule has 4 heterocycles. The van der Waals surface area contributed by atoms with Crippen molar-refractivity contribution in [3.8, 4) is 5.75 Å². The Morgan fingerprint density at radius 2 is 1.92 bits per heavy atom. The van der Waals surface area contributed by atoms with Crippen LogP contribution in [0.3, 0.4) is 0 Å². The number of nitrogen functional groups attached to an aromatic ring is 1. The monoisotopic (exact) mass is 507 g/mol. The zero-order valence-electron chi connectivity index (χ0n) is 20.5. The van der Waals surface area contributed by atoms with E-state index < -0.39 is 9.84 Å². The van der Waals surface area contributed by atoms with Crippen molar-refractivity contribution in [1.82, 2.24) is 20.2 Å². The van der Waals surface area contributed by atoms with E-state index in [0.29, 0.717) is 48.0 Å². The summed E-state index contributed by atoms with van der Waals surface area (Å²) in [6.07, 6.45) is 5.36. The molecule has 2 saturated heterocycles. The number of nitrogens with one attached hydrogen (secondary N) is 1. The van der Waals surface area contributed by atoms with Gasteiger partial charge < -0.3 is 15.4 Å². The van der Waals surface area contributed by atoms with Gasteiger partial charge in [0.2, 0.25) is 5.95 Å². The molecule has 1 spiro atoms. The molecule has 11 heteroatoms. The minimum Gasteiger partial charge on any atom is -0.486 e. The van der Waals surface area contributed by atoms with Crippen molar-refractivity contribution in [2.75, 3.05) is 35.2 Å². The highest BCUT2D eigenvalue weighted by Crippen LogP contribution is 2.42. The van der Waals surface area contributed by atoms with E-state index in [1.54, 1.807) is 36.8 Å². The maximum atomic E-state index is 11.9. The first-order valence-electron chi connectivity index (χ1n) is 11.8. The van der Waals surface area contributed by atoms with Crippen LogP contribution in [-0.2, 0) is 9.84 Å². The van der Waals surface area contributed by atoms with Gasteiger partial charge >= 0.3 is 0 Å². The molecular weight excluding hydrogens is 478 g/mol. The van der Waals surface area contributed by atoms with E-state index in [-0.39, 0.29) is 28.7 Å². The molecule has 0 saturated carbocycles. The number of aryl methyl sites for hydroxylation is 2. The maximum Gasteiger partial charge on any atom is 0.225 e. The maximum absolute atomic E-state index is 11.9. The number of nitrogens with zero attached hydrogens (tertiary/aromatic N) is 5. The molecule has 2 aliphatic rings. The quantitative estimate of drug-likeness (QED) is 0.379. The van der Waals surface area contributed by atoms with Crippen molar-refractivity contribution >= 4 is 27.2 Å². The van der Waals surface area contributed by atoms with Crippen molar-refractivity contribution in [3.63, 3.8) is 0 Å². The number of nitrogens with two attached hydrogens (primary N) is 1. The fourth-order valence-corrected chi connectivity index (χ4v) is 7.37. The van der Waals surface area contributed by atoms with E-state index in [9.17, 15) is 8.42 Å². The summed E-state index contributed by atoms with van der Waals surface area (Å²) in [4.78, 5) is 10.9. The van der Waals surface area contributed by atoms with E-state index in [0.717, 1.165) is 16.8 Å². The van der Waals surface area contributed by atoms with E-state index in [1.165, 1.54) is 0 Å². The van der Waals surface area contributed by atoms with Crippen molar-refractivity contribution < 1.29 is 13.2 Å². The second-order valence-electron chi connectivity index (χ2n) is 9.88. The van der Waals surface area contributed by atoms with Gasteiger partial charge in [0.25, 0.3) is 0 Å². The zero-order chi connectivity index (χ0) is 25.7. The molecular formula is C25H29N7O3S. The highest BCUT2D eigenvalue weighted by atomic mass is 32.2. The number of sulfone groups is 1. The number of hydrogen-bond acceptors (Lipinski definition) is 10. The van der Waals surface area contributed by atoms with Gasteiger partial charge in [0.05, 0.1) is 29.1 Å². The standard InChI is InChI=1S/C25H29N7O3S/c1-15-9-30-31-16(2)22(15)17(3)35-19-4-5-21(26)20(8-19)23(27)18-10-28-24(29-11-18)32-12-25(13-32)6-7-36(33,34)14-25/h4-5,8-11,17,27H,6-7,12-14,26H2,1-3H3. The molecule has 1 aromatic carbocycles. The minimum atomic E-state index is -2.93. The molecule has 36 heavy (non-hydrogen) atoms. The molecule has 0 radical (unpaired) electrons. The second-order valence-corrected chi connectivity index (χ2v) is 12.1. The average molecular weight is 508 g/mol. The summed E-state index contributed by atoms with van der Waals surface area (Å²) >= 11 is 0. The van der Waals surface area contributed by atoms with Gasteiger partial charge in [0, 0.05) is 53.3 Å². The van der Waals surface area contributed by atoms with Gasteiger partial charge in [-0.2, -0.15) is 10.2 Å². The molecule has 188 valence electrons. The fraction of sp³-hybridized carbons (Fsp3) is 0.400. The Bertz CT molecular complexity index is 1410. The van der Waals surface area contributed by atoms with Crippen LogP contribution < -0.4 is 15.4 Å². The third-order valence-electron chi connectivity index (χ3n) is 7.02. The minimum absolute atomic E-state index is 0.164. The third kappa shape index (κ3) is 4.50. The van der Waals surface area contributed by atoms with Crippen LogP contribution in [0.2, 0.25) is 0 Å². The van der Waals surface area contributed by atoms with Crippen molar-refractivity contribution in [2.24, 2.45) is 5.41 Å². The van der Waals surface area contributed by atoms with Crippen molar-refractivity contribution in [1.29, 1.82) is 5.41 Å². The summed E-state index contributed by atoms with van der Waals surface area (Å²) in [5, 5.41) is 16.8. The van der Waals surface area contributed by atoms with E-state index >= 15 is 0 Å². The smallest absolute Gasteiger partial charge is 0.225 e. The predicted octanol–water partition coefficient (Wildman–Crippen LogP) is 2.65. The predicted molar refractivity (Wildman–Crippen MR) is 137 cm³/mol. The van der Waals surface area contributed by atoms with Crippen LogP contribution in [0.4, 0.5) is 11.6 Å². The number of aromatic nitrogens is 4. The summed E-state index contributed by atoms with van der Waals surface area (Å²) in [6, 6.07) is 5.26. The number of hydrogen-bond donors (Lipinski definition) is 2. The summed E-state index contributed by atoms with van der Waals surface area (Å²) in [7, 11) is -2.93. The second kappa shape index (κ2) is 8.81. The Hall–Kier alpha value is -3.60. The van der Waals surface area contributed by atoms with Crippen LogP contribution in [-0.4, -0.2) is 58.9 Å². The molecule has 3 N–H and O–H groups in total. The molecule has 5 rings (SSSR count). The lowest BCUT2D eigenvalue weighted by atomic mass is 9.80. The summed E-state index contributed by atoms with van der Waals surface area (Å²) in [6.45, 7) is 7.10. The lowest BCUT2D eigenvalue weighted by molar-refractivity contribution is 0.224. The first-order chi connectivity index (χ1) is 17.1. The Balaban J connectivity index is 1.29. The number of anilines is 2. The largest absolute Gasteiger partial charge is 0.486 e. The van der Waals surface area contributed by atoms with Gasteiger partial charge in [-0.25, -0.2) is 18.4 Å². The zero-order valence-corrected chi connectivity index (χ0v) is 21.3. The van der Waals surface area contributed by atoms with Gasteiger partial charge in [0.1, 0.15) is 11.9 Å². The van der Waals surface area contributed by atoms with E-state index in [1.807, 2.05) is 25.7 Å². The Labute approximate surface area is 210 Å². The highest BCUT2D eigenvalue weighted by Gasteiger charge is 2.51. The van der Waals surface area contributed by atoms with Crippen LogP contribution in [0.25, 0.3) is 0 Å². The highest BCUT2D eigenvalue weighted by molar-refractivity contribution is 7.91. The van der Waals surface area contributed by atoms with Gasteiger partial charge in [-0.1, -0.05) is 0 Å². The van der Waals surface area contributed by atoms with Crippen LogP contribution in [0, 0.1) is 24.7 Å². The van der Waals surface area contributed by atoms with Gasteiger partial charge in [0.15, 0.2) is 9.84 Å². The lowest BCUT2D eigenvalue weighted by Gasteiger charge is -2.47. The van der Waals surface area contributed by atoms with Crippen LogP contribution in [0.15, 0.2) is 36.8 Å². The fourth-order valence-electron chi connectivity index (χ4n) is 5.22.